The SMILES string of the molecule is O=C(NCc1ccccc1)c1ccccc1.O=C(Nc1ccc2cnccc2c1)C1CC1. The Kier molecular flexibility index (Phi) is 6.88. The summed E-state index contributed by atoms with van der Waals surface area (Å²) in [6.45, 7) is 0.564. The smallest absolute Gasteiger partial charge is 0.251 e. The van der Waals surface area contributed by atoms with Crippen LogP contribution in [-0.4, -0.2) is 16.8 Å². The highest BCUT2D eigenvalue weighted by atomic mass is 16.2. The Balaban J connectivity index is 0.000000153. The first kappa shape index (κ1) is 21.2. The summed E-state index contributed by atoms with van der Waals surface area (Å²) in [6.07, 6.45) is 5.64. The highest BCUT2D eigenvalue weighted by molar-refractivity contribution is 5.96. The van der Waals surface area contributed by atoms with Crippen LogP contribution in [0.1, 0.15) is 28.8 Å². The van der Waals surface area contributed by atoms with Crippen LogP contribution in [0.2, 0.25) is 0 Å². The average Bonchev–Trinajstić information content (AvgIpc) is 3.70. The van der Waals surface area contributed by atoms with Crippen molar-refractivity contribution >= 4 is 28.3 Å². The summed E-state index contributed by atoms with van der Waals surface area (Å²) in [5, 5.41) is 8.00. The normalized spacial score (nSPS) is 12.4. The first-order valence-electron chi connectivity index (χ1n) is 10.7. The van der Waals surface area contributed by atoms with Crippen LogP contribution in [0.4, 0.5) is 5.69 Å². The first-order valence-corrected chi connectivity index (χ1v) is 10.7. The number of nitrogens with zero attached hydrogens (tertiary/aromatic N) is 1. The molecule has 1 heterocycles. The predicted molar refractivity (Wildman–Crippen MR) is 127 cm³/mol. The zero-order valence-electron chi connectivity index (χ0n) is 17.7. The summed E-state index contributed by atoms with van der Waals surface area (Å²) in [6, 6.07) is 26.9. The van der Waals surface area contributed by atoms with Crippen LogP contribution in [0.5, 0.6) is 0 Å². The van der Waals surface area contributed by atoms with Gasteiger partial charge >= 0.3 is 0 Å². The van der Waals surface area contributed by atoms with Gasteiger partial charge < -0.3 is 10.6 Å². The second-order valence-corrected chi connectivity index (χ2v) is 7.74. The van der Waals surface area contributed by atoms with Crippen LogP contribution < -0.4 is 10.6 Å². The molecule has 0 spiro atoms. The van der Waals surface area contributed by atoms with Crippen molar-refractivity contribution in [1.82, 2.24) is 10.3 Å². The Morgan fingerprint density at radius 3 is 2.28 bits per heavy atom. The standard InChI is InChI=1S/C14H13NO.C13H12N2O/c16-14(13-9-5-2-6-10-13)15-11-12-7-3-1-4-8-12;16-13(9-1-2-9)15-12-4-3-11-8-14-6-5-10(11)7-12/h1-10H,11H2,(H,15,16);3-9H,1-2H2,(H,15,16). The second-order valence-electron chi connectivity index (χ2n) is 7.74. The molecule has 32 heavy (non-hydrogen) atoms. The molecule has 1 aromatic heterocycles. The van der Waals surface area contributed by atoms with E-state index in [1.165, 1.54) is 0 Å². The van der Waals surface area contributed by atoms with Crippen molar-refractivity contribution in [2.75, 3.05) is 5.32 Å². The summed E-state index contributed by atoms with van der Waals surface area (Å²) >= 11 is 0. The fourth-order valence-electron chi connectivity index (χ4n) is 3.22. The number of fused-ring (bicyclic) bond motifs is 1. The Morgan fingerprint density at radius 2 is 1.56 bits per heavy atom. The molecule has 0 unspecified atom stereocenters. The number of rotatable bonds is 5. The van der Waals surface area contributed by atoms with Gasteiger partial charge in [-0.2, -0.15) is 0 Å². The minimum atomic E-state index is -0.0375. The molecule has 2 amide bonds. The van der Waals surface area contributed by atoms with E-state index in [1.54, 1.807) is 18.3 Å². The molecule has 0 aliphatic heterocycles. The van der Waals surface area contributed by atoms with Crippen LogP contribution in [0.25, 0.3) is 10.8 Å². The van der Waals surface area contributed by atoms with E-state index in [0.717, 1.165) is 34.9 Å². The number of benzene rings is 3. The highest BCUT2D eigenvalue weighted by Gasteiger charge is 2.29. The minimum absolute atomic E-state index is 0.0375. The molecule has 5 rings (SSSR count). The predicted octanol–water partition coefficient (Wildman–Crippen LogP) is 5.20. The third-order valence-corrected chi connectivity index (χ3v) is 5.19. The average molecular weight is 424 g/mol. The molecule has 0 saturated heterocycles. The van der Waals surface area contributed by atoms with Crippen molar-refractivity contribution in [3.05, 3.63) is 108 Å². The number of carbonyl (C=O) groups excluding carboxylic acids is 2. The Labute approximate surface area is 187 Å². The maximum absolute atomic E-state index is 11.7. The maximum atomic E-state index is 11.7. The molecule has 1 saturated carbocycles. The van der Waals surface area contributed by atoms with Gasteiger partial charge in [0.15, 0.2) is 0 Å². The van der Waals surface area contributed by atoms with Gasteiger partial charge in [0.1, 0.15) is 0 Å². The number of carbonyl (C=O) groups is 2. The van der Waals surface area contributed by atoms with Crippen LogP contribution in [0.3, 0.4) is 0 Å². The van der Waals surface area contributed by atoms with E-state index in [0.29, 0.717) is 12.1 Å². The maximum Gasteiger partial charge on any atom is 0.251 e. The van der Waals surface area contributed by atoms with E-state index in [2.05, 4.69) is 15.6 Å². The van der Waals surface area contributed by atoms with Crippen molar-refractivity contribution in [3.8, 4) is 0 Å². The topological polar surface area (TPSA) is 71.1 Å². The van der Waals surface area contributed by atoms with Gasteiger partial charge in [0.05, 0.1) is 0 Å². The number of nitrogens with one attached hydrogen (secondary N) is 2. The summed E-state index contributed by atoms with van der Waals surface area (Å²) in [5.41, 5.74) is 2.67. The molecular weight excluding hydrogens is 398 g/mol. The number of hydrogen-bond donors (Lipinski definition) is 2. The largest absolute Gasteiger partial charge is 0.348 e. The Hall–Kier alpha value is -3.99. The van der Waals surface area contributed by atoms with E-state index < -0.39 is 0 Å². The van der Waals surface area contributed by atoms with Crippen LogP contribution in [0.15, 0.2) is 97.3 Å². The summed E-state index contributed by atoms with van der Waals surface area (Å²) < 4.78 is 0. The fourth-order valence-corrected chi connectivity index (χ4v) is 3.22. The van der Waals surface area contributed by atoms with Gasteiger partial charge in [-0.1, -0.05) is 54.6 Å². The van der Waals surface area contributed by atoms with Gasteiger partial charge in [0.25, 0.3) is 5.91 Å². The van der Waals surface area contributed by atoms with Gasteiger partial charge in [-0.05, 0) is 54.1 Å². The molecule has 5 nitrogen and oxygen atoms in total. The van der Waals surface area contributed by atoms with Gasteiger partial charge in [-0.3, -0.25) is 14.6 Å². The monoisotopic (exact) mass is 423 g/mol. The van der Waals surface area contributed by atoms with Gasteiger partial charge in [-0.25, -0.2) is 0 Å². The Bertz CT molecular complexity index is 1190. The van der Waals surface area contributed by atoms with Gasteiger partial charge in [0.2, 0.25) is 5.91 Å². The van der Waals surface area contributed by atoms with Crippen LogP contribution in [0, 0.1) is 5.92 Å². The lowest BCUT2D eigenvalue weighted by atomic mass is 10.1. The molecule has 1 aliphatic carbocycles. The number of pyridine rings is 1. The molecule has 2 N–H and O–H groups in total. The van der Waals surface area contributed by atoms with E-state index in [-0.39, 0.29) is 17.7 Å². The molecule has 1 aliphatic rings. The number of amides is 2. The lowest BCUT2D eigenvalue weighted by Gasteiger charge is -2.05. The first-order chi connectivity index (χ1) is 15.7. The second kappa shape index (κ2) is 10.4. The Morgan fingerprint density at radius 1 is 0.844 bits per heavy atom. The van der Waals surface area contributed by atoms with Crippen molar-refractivity contribution in [3.63, 3.8) is 0 Å². The molecule has 5 heteroatoms. The zero-order valence-corrected chi connectivity index (χ0v) is 17.7. The molecule has 4 aromatic rings. The van der Waals surface area contributed by atoms with E-state index in [9.17, 15) is 9.59 Å². The molecule has 160 valence electrons. The molecule has 0 atom stereocenters. The van der Waals surface area contributed by atoms with E-state index in [1.807, 2.05) is 79.0 Å². The number of aromatic nitrogens is 1. The lowest BCUT2D eigenvalue weighted by Crippen LogP contribution is -2.22. The fraction of sp³-hybridized carbons (Fsp3) is 0.148. The van der Waals surface area contributed by atoms with Crippen molar-refractivity contribution < 1.29 is 9.59 Å². The quantitative estimate of drug-likeness (QED) is 0.463. The van der Waals surface area contributed by atoms with Crippen molar-refractivity contribution in [2.24, 2.45) is 5.92 Å². The summed E-state index contributed by atoms with van der Waals surface area (Å²) in [4.78, 5) is 27.3. The molecular formula is C27H25N3O2. The van der Waals surface area contributed by atoms with Gasteiger partial charge in [-0.15, -0.1) is 0 Å². The molecule has 0 radical (unpaired) electrons. The van der Waals surface area contributed by atoms with E-state index in [4.69, 9.17) is 0 Å². The minimum Gasteiger partial charge on any atom is -0.348 e. The summed E-state index contributed by atoms with van der Waals surface area (Å²) in [5.74, 6) is 0.353. The third-order valence-electron chi connectivity index (χ3n) is 5.19. The van der Waals surface area contributed by atoms with Crippen molar-refractivity contribution in [1.29, 1.82) is 0 Å². The number of hydrogen-bond acceptors (Lipinski definition) is 3. The molecule has 0 bridgehead atoms. The third kappa shape index (κ3) is 6.01. The van der Waals surface area contributed by atoms with Crippen LogP contribution >= 0.6 is 0 Å². The van der Waals surface area contributed by atoms with E-state index >= 15 is 0 Å². The number of anilines is 1. The molecule has 1 fully saturated rings. The summed E-state index contributed by atoms with van der Waals surface area (Å²) in [7, 11) is 0. The van der Waals surface area contributed by atoms with Gasteiger partial charge in [0, 0.05) is 41.5 Å². The highest BCUT2D eigenvalue weighted by Crippen LogP contribution is 2.30. The van der Waals surface area contributed by atoms with Crippen molar-refractivity contribution in [2.45, 2.75) is 19.4 Å². The van der Waals surface area contributed by atoms with Crippen LogP contribution in [-0.2, 0) is 11.3 Å². The lowest BCUT2D eigenvalue weighted by molar-refractivity contribution is -0.117. The zero-order chi connectivity index (χ0) is 22.2. The molecule has 3 aromatic carbocycles.